The maximum atomic E-state index is 5.23. The summed E-state index contributed by atoms with van der Waals surface area (Å²) in [5.74, 6) is 0.800. The van der Waals surface area contributed by atoms with Crippen molar-refractivity contribution in [3.05, 3.63) is 60.5 Å². The molecule has 16 heavy (non-hydrogen) atoms. The van der Waals surface area contributed by atoms with Crippen LogP contribution >= 0.6 is 0 Å². The van der Waals surface area contributed by atoms with Gasteiger partial charge < -0.3 is 5.32 Å². The second kappa shape index (κ2) is 3.71. The number of pyridine rings is 1. The lowest BCUT2D eigenvalue weighted by molar-refractivity contribution is -0.114. The maximum absolute atomic E-state index is 5.23. The third kappa shape index (κ3) is 1.53. The Hall–Kier alpha value is -2.27. The molecule has 3 heterocycles. The summed E-state index contributed by atoms with van der Waals surface area (Å²) < 4.78 is 0. The molecule has 0 spiro atoms. The van der Waals surface area contributed by atoms with Crippen molar-refractivity contribution < 1.29 is 4.94 Å². The zero-order valence-electron chi connectivity index (χ0n) is 8.42. The number of anilines is 1. The Bertz CT molecular complexity index is 478. The van der Waals surface area contributed by atoms with Crippen LogP contribution in [0, 0.1) is 0 Å². The van der Waals surface area contributed by atoms with Crippen molar-refractivity contribution in [1.29, 1.82) is 0 Å². The SMILES string of the molecule is C1=CC2=C(Nc3cccnc3)NON2C=C1. The first kappa shape index (κ1) is 8.99. The fourth-order valence-electron chi connectivity index (χ4n) is 1.52. The molecular formula is C11H10N4O. The molecule has 0 atom stereocenters. The van der Waals surface area contributed by atoms with Crippen LogP contribution in [0.5, 0.6) is 0 Å². The smallest absolute Gasteiger partial charge is 0.157 e. The van der Waals surface area contributed by atoms with Crippen LogP contribution in [0.2, 0.25) is 0 Å². The minimum Gasteiger partial charge on any atom is -0.337 e. The average Bonchev–Trinajstić information content (AvgIpc) is 2.74. The standard InChI is InChI=1S/C11H10N4O/c1-2-7-15-10(5-1)11(14-16-15)13-9-4-3-6-12-8-9/h1-8,13-14H. The molecule has 0 saturated heterocycles. The van der Waals surface area contributed by atoms with Crippen molar-refractivity contribution in [2.75, 3.05) is 5.32 Å². The Balaban J connectivity index is 1.86. The molecule has 0 radical (unpaired) electrons. The number of fused-ring (bicyclic) bond motifs is 1. The molecule has 0 unspecified atom stereocenters. The third-order valence-corrected chi connectivity index (χ3v) is 2.26. The fourth-order valence-corrected chi connectivity index (χ4v) is 1.52. The van der Waals surface area contributed by atoms with Crippen molar-refractivity contribution in [3.63, 3.8) is 0 Å². The van der Waals surface area contributed by atoms with Crippen LogP contribution in [0.15, 0.2) is 60.5 Å². The molecule has 80 valence electrons. The van der Waals surface area contributed by atoms with E-state index in [0.717, 1.165) is 17.2 Å². The van der Waals surface area contributed by atoms with E-state index in [1.54, 1.807) is 17.5 Å². The van der Waals surface area contributed by atoms with Crippen LogP contribution < -0.4 is 10.8 Å². The molecule has 0 saturated carbocycles. The maximum Gasteiger partial charge on any atom is 0.157 e. The van der Waals surface area contributed by atoms with Gasteiger partial charge >= 0.3 is 0 Å². The lowest BCUT2D eigenvalue weighted by Crippen LogP contribution is -2.16. The number of allylic oxidation sites excluding steroid dienone is 3. The highest BCUT2D eigenvalue weighted by atomic mass is 16.8. The predicted octanol–water partition coefficient (Wildman–Crippen LogP) is 1.50. The number of nitrogens with one attached hydrogen (secondary N) is 2. The topological polar surface area (TPSA) is 49.4 Å². The van der Waals surface area contributed by atoms with E-state index in [0.29, 0.717) is 0 Å². The first-order valence-corrected chi connectivity index (χ1v) is 4.92. The van der Waals surface area contributed by atoms with Crippen LogP contribution in [0.25, 0.3) is 0 Å². The number of hydrogen-bond donors (Lipinski definition) is 2. The van der Waals surface area contributed by atoms with Gasteiger partial charge in [0, 0.05) is 12.4 Å². The summed E-state index contributed by atoms with van der Waals surface area (Å²) in [6.45, 7) is 0. The van der Waals surface area contributed by atoms with Gasteiger partial charge in [-0.2, -0.15) is 0 Å². The van der Waals surface area contributed by atoms with E-state index in [4.69, 9.17) is 4.94 Å². The lowest BCUT2D eigenvalue weighted by atomic mass is 10.3. The zero-order chi connectivity index (χ0) is 10.8. The Morgan fingerprint density at radius 1 is 1.38 bits per heavy atom. The number of hydroxylamine groups is 3. The van der Waals surface area contributed by atoms with E-state index < -0.39 is 0 Å². The molecule has 0 amide bonds. The molecule has 0 aliphatic carbocycles. The van der Waals surface area contributed by atoms with E-state index in [2.05, 4.69) is 15.8 Å². The van der Waals surface area contributed by atoms with Crippen molar-refractivity contribution >= 4 is 5.69 Å². The predicted molar refractivity (Wildman–Crippen MR) is 59.2 cm³/mol. The summed E-state index contributed by atoms with van der Waals surface area (Å²) in [5.41, 5.74) is 4.66. The highest BCUT2D eigenvalue weighted by Gasteiger charge is 2.21. The van der Waals surface area contributed by atoms with Crippen LogP contribution in [0.1, 0.15) is 0 Å². The van der Waals surface area contributed by atoms with Crippen molar-refractivity contribution in [2.24, 2.45) is 0 Å². The summed E-state index contributed by atoms with van der Waals surface area (Å²) in [4.78, 5) is 9.26. The molecular weight excluding hydrogens is 204 g/mol. The monoisotopic (exact) mass is 214 g/mol. The van der Waals surface area contributed by atoms with E-state index in [-0.39, 0.29) is 0 Å². The normalized spacial score (nSPS) is 17.4. The van der Waals surface area contributed by atoms with Crippen LogP contribution in [-0.2, 0) is 4.94 Å². The molecule has 1 aromatic heterocycles. The number of hydrogen-bond acceptors (Lipinski definition) is 5. The summed E-state index contributed by atoms with van der Waals surface area (Å²) in [6, 6.07) is 3.81. The van der Waals surface area contributed by atoms with Gasteiger partial charge in [0.05, 0.1) is 11.9 Å². The molecule has 1 aromatic rings. The minimum atomic E-state index is 0.800. The second-order valence-electron chi connectivity index (χ2n) is 3.35. The van der Waals surface area contributed by atoms with Crippen LogP contribution in [-0.4, -0.2) is 10.0 Å². The van der Waals surface area contributed by atoms with Gasteiger partial charge in [0.25, 0.3) is 0 Å². The molecule has 2 aliphatic rings. The number of nitrogens with zero attached hydrogens (tertiary/aromatic N) is 2. The average molecular weight is 214 g/mol. The van der Waals surface area contributed by atoms with Gasteiger partial charge in [0.2, 0.25) is 0 Å². The van der Waals surface area contributed by atoms with E-state index in [9.17, 15) is 0 Å². The lowest BCUT2D eigenvalue weighted by Gasteiger charge is -2.12. The highest BCUT2D eigenvalue weighted by molar-refractivity contribution is 5.48. The van der Waals surface area contributed by atoms with Crippen LogP contribution in [0.3, 0.4) is 0 Å². The van der Waals surface area contributed by atoms with E-state index in [1.807, 2.05) is 36.6 Å². The molecule has 0 bridgehead atoms. The summed E-state index contributed by atoms with van der Waals surface area (Å²) in [7, 11) is 0. The second-order valence-corrected chi connectivity index (χ2v) is 3.35. The quantitative estimate of drug-likeness (QED) is 0.781. The number of rotatable bonds is 2. The van der Waals surface area contributed by atoms with Crippen molar-refractivity contribution in [2.45, 2.75) is 0 Å². The number of aromatic nitrogens is 1. The van der Waals surface area contributed by atoms with Crippen molar-refractivity contribution in [1.82, 2.24) is 15.5 Å². The van der Waals surface area contributed by atoms with E-state index >= 15 is 0 Å². The molecule has 0 aromatic carbocycles. The third-order valence-electron chi connectivity index (χ3n) is 2.26. The molecule has 2 aliphatic heterocycles. The van der Waals surface area contributed by atoms with Crippen molar-refractivity contribution in [3.8, 4) is 0 Å². The van der Waals surface area contributed by atoms with Gasteiger partial charge in [0.1, 0.15) is 5.70 Å². The Kier molecular flexibility index (Phi) is 2.08. The van der Waals surface area contributed by atoms with Gasteiger partial charge in [-0.1, -0.05) is 6.08 Å². The Morgan fingerprint density at radius 2 is 2.38 bits per heavy atom. The Morgan fingerprint density at radius 3 is 3.25 bits per heavy atom. The van der Waals surface area contributed by atoms with E-state index in [1.165, 1.54) is 0 Å². The summed E-state index contributed by atoms with van der Waals surface area (Å²) >= 11 is 0. The van der Waals surface area contributed by atoms with Gasteiger partial charge in [-0.05, 0) is 24.3 Å². The molecule has 5 heteroatoms. The molecule has 3 rings (SSSR count). The first-order valence-electron chi connectivity index (χ1n) is 4.92. The summed E-state index contributed by atoms with van der Waals surface area (Å²) in [6.07, 6.45) is 11.1. The van der Waals surface area contributed by atoms with Gasteiger partial charge in [-0.15, -0.1) is 4.94 Å². The van der Waals surface area contributed by atoms with Crippen LogP contribution in [0.4, 0.5) is 5.69 Å². The van der Waals surface area contributed by atoms with Gasteiger partial charge in [0.15, 0.2) is 5.82 Å². The van der Waals surface area contributed by atoms with Gasteiger partial charge in [-0.25, -0.2) is 10.5 Å². The Labute approximate surface area is 92.6 Å². The fraction of sp³-hybridized carbons (Fsp3) is 0. The molecule has 5 nitrogen and oxygen atoms in total. The minimum absolute atomic E-state index is 0.800. The molecule has 2 N–H and O–H groups in total. The first-order chi connectivity index (χ1) is 7.93. The zero-order valence-corrected chi connectivity index (χ0v) is 8.42. The summed E-state index contributed by atoms with van der Waals surface area (Å²) in [5, 5.41) is 4.85. The largest absolute Gasteiger partial charge is 0.337 e. The van der Waals surface area contributed by atoms with Gasteiger partial charge in [-0.3, -0.25) is 4.98 Å². The highest BCUT2D eigenvalue weighted by Crippen LogP contribution is 2.22. The molecule has 0 fully saturated rings.